The number of furan rings is 3. The molecule has 0 radical (unpaired) electrons. The van der Waals surface area contributed by atoms with E-state index in [9.17, 15) is 11.8 Å². The van der Waals surface area contributed by atoms with E-state index in [4.69, 9.17) is 13.3 Å². The molecule has 0 saturated heterocycles. The molecule has 19 rings (SSSR count). The molecule has 0 saturated carbocycles. The maximum atomic E-state index is 12.5. The van der Waals surface area contributed by atoms with E-state index in [1.54, 1.807) is 0 Å². The number of aromatic nitrogens is 4. The monoisotopic (exact) mass is 1060 g/mol. The van der Waals surface area contributed by atoms with Gasteiger partial charge in [0, 0.05) is 59.2 Å². The van der Waals surface area contributed by atoms with Crippen LogP contribution in [0.4, 0.5) is 5.69 Å². The molecule has 19 aromatic rings. The molecule has 0 amide bonds. The Morgan fingerprint density at radius 2 is 0.578 bits per heavy atom. The molecule has 7 aromatic heterocycles. The zero-order valence-corrected chi connectivity index (χ0v) is 43.8. The largest absolute Gasteiger partial charge is 0.455 e. The van der Waals surface area contributed by atoms with E-state index in [-0.39, 0.29) is 11.3 Å². The average Bonchev–Trinajstić information content (AvgIpc) is 4.52. The van der Waals surface area contributed by atoms with E-state index in [0.29, 0.717) is 22.7 Å². The zero-order valence-electron chi connectivity index (χ0n) is 43.8. The van der Waals surface area contributed by atoms with E-state index in [1.165, 1.54) is 0 Å². The third-order valence-electron chi connectivity index (χ3n) is 17.6. The first-order valence-corrected chi connectivity index (χ1v) is 27.7. The van der Waals surface area contributed by atoms with Crippen LogP contribution in [-0.4, -0.2) is 18.3 Å². The summed E-state index contributed by atoms with van der Waals surface area (Å²) in [6, 6.07) is 82.6. The Morgan fingerprint density at radius 3 is 0.940 bits per heavy atom. The van der Waals surface area contributed by atoms with Crippen molar-refractivity contribution in [2.24, 2.45) is 0 Å². The van der Waals surface area contributed by atoms with Crippen LogP contribution < -0.4 is 0 Å². The van der Waals surface area contributed by atoms with Crippen LogP contribution in [-0.2, 0) is 0 Å². The summed E-state index contributed by atoms with van der Waals surface area (Å²) in [5, 5.41) is 26.2. The molecule has 0 spiro atoms. The van der Waals surface area contributed by atoms with E-state index in [0.717, 1.165) is 153 Å². The smallest absolute Gasteiger partial charge is 0.232 e. The van der Waals surface area contributed by atoms with Gasteiger partial charge in [0.15, 0.2) is 0 Å². The van der Waals surface area contributed by atoms with Gasteiger partial charge in [0.05, 0.1) is 101 Å². The third kappa shape index (κ3) is 5.52. The summed E-state index contributed by atoms with van der Waals surface area (Å²) in [6.07, 6.45) is 0. The first-order valence-electron chi connectivity index (χ1n) is 27.7. The number of rotatable bonds is 4. The van der Waals surface area contributed by atoms with Crippen molar-refractivity contribution in [1.29, 1.82) is 5.26 Å². The Labute approximate surface area is 469 Å². The Balaban J connectivity index is 1.13. The predicted molar refractivity (Wildman–Crippen MR) is 337 cm³/mol. The Kier molecular flexibility index (Phi) is 8.48. The van der Waals surface area contributed by atoms with Crippen molar-refractivity contribution in [3.05, 3.63) is 248 Å². The standard InChI is InChI=1S/C74H38N6O3/c1-76-67-52(40-75)68(77-53-26-10-2-18-41(53)42-19-3-11-27-54(42)77)70(79-56-29-13-5-24-50(56)65-59(79)38-35-47-44-21-8-16-32-62(44)82-73(47)65)71(80-57-30-14-6-25-51(57)66-60(80)39-36-48-45-22-9-17-33-63(45)83-74(48)66)69(67)78-55-28-12-4-23-49(55)64-58(78)37-34-46-43-20-7-15-31-61(43)81-72(46)64/h2-39H. The molecule has 9 heteroatoms. The normalized spacial score (nSPS) is 12.3. The SMILES string of the molecule is [C-]#[N+]c1c(C#N)c(-n2c3ccccc3c3ccccc32)c(-n2c3ccccc3c3c4oc5ccccc5c4ccc32)c(-n2c3ccccc3c3c4oc5ccccc5c4ccc32)c1-n1c2ccccc2c2c3oc4ccccc4c3ccc21. The highest BCUT2D eigenvalue weighted by Crippen LogP contribution is 2.54. The van der Waals surface area contributed by atoms with Crippen molar-refractivity contribution in [2.75, 3.05) is 0 Å². The molecule has 0 aliphatic carbocycles. The second kappa shape index (κ2) is 16.0. The molecular formula is C74H38N6O3. The van der Waals surface area contributed by atoms with Gasteiger partial charge in [-0.05, 0) is 84.9 Å². The average molecular weight is 1060 g/mol. The lowest BCUT2D eigenvalue weighted by molar-refractivity contribution is 0.672. The van der Waals surface area contributed by atoms with Gasteiger partial charge in [-0.2, -0.15) is 5.26 Å². The number of hydrogen-bond acceptors (Lipinski definition) is 4. The van der Waals surface area contributed by atoms with Crippen molar-refractivity contribution >= 4 is 159 Å². The number of fused-ring (bicyclic) bond motifs is 24. The molecule has 83 heavy (non-hydrogen) atoms. The third-order valence-corrected chi connectivity index (χ3v) is 17.6. The summed E-state index contributed by atoms with van der Waals surface area (Å²) in [7, 11) is 0. The summed E-state index contributed by atoms with van der Waals surface area (Å²) >= 11 is 0. The highest BCUT2D eigenvalue weighted by Gasteiger charge is 2.36. The molecule has 0 unspecified atom stereocenters. The lowest BCUT2D eigenvalue weighted by Gasteiger charge is -2.28. The summed E-state index contributed by atoms with van der Waals surface area (Å²) in [4.78, 5) is 4.67. The summed E-state index contributed by atoms with van der Waals surface area (Å²) in [5.74, 6) is 0. The van der Waals surface area contributed by atoms with Gasteiger partial charge in [-0.1, -0.05) is 146 Å². The first-order chi connectivity index (χ1) is 41.2. The van der Waals surface area contributed by atoms with Gasteiger partial charge < -0.3 is 31.5 Å². The molecule has 9 nitrogen and oxygen atoms in total. The minimum Gasteiger partial charge on any atom is -0.455 e. The van der Waals surface area contributed by atoms with Gasteiger partial charge in [0.25, 0.3) is 0 Å². The molecule has 0 N–H and O–H groups in total. The maximum absolute atomic E-state index is 12.5. The van der Waals surface area contributed by atoms with E-state index in [1.807, 2.05) is 48.5 Å². The minimum absolute atomic E-state index is 0.187. The van der Waals surface area contributed by atoms with E-state index >= 15 is 0 Å². The van der Waals surface area contributed by atoms with Crippen LogP contribution in [0.15, 0.2) is 244 Å². The Hall–Kier alpha value is -11.8. The fourth-order valence-electron chi connectivity index (χ4n) is 14.3. The van der Waals surface area contributed by atoms with Crippen molar-refractivity contribution in [3.63, 3.8) is 0 Å². The lowest BCUT2D eigenvalue weighted by atomic mass is 10.0. The molecule has 0 aliphatic rings. The van der Waals surface area contributed by atoms with Crippen molar-refractivity contribution in [1.82, 2.24) is 18.3 Å². The number of para-hydroxylation sites is 8. The summed E-state index contributed by atoms with van der Waals surface area (Å²) in [5.41, 5.74) is 14.4. The van der Waals surface area contributed by atoms with E-state index < -0.39 is 0 Å². The molecule has 382 valence electrons. The minimum atomic E-state index is 0.187. The molecule has 7 heterocycles. The summed E-state index contributed by atoms with van der Waals surface area (Å²) < 4.78 is 30.1. The molecule has 0 aliphatic heterocycles. The van der Waals surface area contributed by atoms with Gasteiger partial charge in [0.1, 0.15) is 33.5 Å². The summed E-state index contributed by atoms with van der Waals surface area (Å²) in [6.45, 7) is 9.76. The second-order valence-electron chi connectivity index (χ2n) is 21.6. The quantitative estimate of drug-likeness (QED) is 0.164. The van der Waals surface area contributed by atoms with Crippen LogP contribution in [0.25, 0.3) is 181 Å². The van der Waals surface area contributed by atoms with Gasteiger partial charge in [-0.15, -0.1) is 0 Å². The van der Waals surface area contributed by atoms with Gasteiger partial charge >= 0.3 is 0 Å². The number of nitrogens with zero attached hydrogens (tertiary/aromatic N) is 6. The van der Waals surface area contributed by atoms with Crippen LogP contribution in [0.1, 0.15) is 5.56 Å². The van der Waals surface area contributed by atoms with Gasteiger partial charge in [0.2, 0.25) is 5.69 Å². The van der Waals surface area contributed by atoms with Crippen LogP contribution in [0.5, 0.6) is 0 Å². The lowest BCUT2D eigenvalue weighted by Crippen LogP contribution is -2.15. The van der Waals surface area contributed by atoms with Crippen LogP contribution in [0, 0.1) is 17.9 Å². The van der Waals surface area contributed by atoms with Crippen LogP contribution in [0.2, 0.25) is 0 Å². The molecule has 12 aromatic carbocycles. The van der Waals surface area contributed by atoms with Crippen LogP contribution >= 0.6 is 0 Å². The number of benzene rings is 12. The van der Waals surface area contributed by atoms with Crippen LogP contribution in [0.3, 0.4) is 0 Å². The van der Waals surface area contributed by atoms with Gasteiger partial charge in [-0.25, -0.2) is 4.85 Å². The topological polar surface area (TPSA) is 87.3 Å². The molecule has 0 atom stereocenters. The van der Waals surface area contributed by atoms with Crippen molar-refractivity contribution < 1.29 is 13.3 Å². The first kappa shape index (κ1) is 44.1. The highest BCUT2D eigenvalue weighted by atomic mass is 16.3. The fourth-order valence-corrected chi connectivity index (χ4v) is 14.3. The number of hydrogen-bond donors (Lipinski definition) is 0. The molecule has 0 bridgehead atoms. The predicted octanol–water partition coefficient (Wildman–Crippen LogP) is 20.2. The number of nitriles is 1. The fraction of sp³-hybridized carbons (Fsp3) is 0. The second-order valence-corrected chi connectivity index (χ2v) is 21.6. The highest BCUT2D eigenvalue weighted by molar-refractivity contribution is 6.28. The van der Waals surface area contributed by atoms with Crippen molar-refractivity contribution in [3.8, 4) is 28.8 Å². The Bertz CT molecular complexity index is 6180. The van der Waals surface area contributed by atoms with E-state index in [2.05, 4.69) is 211 Å². The molecular weight excluding hydrogens is 1020 g/mol. The Morgan fingerprint density at radius 1 is 0.289 bits per heavy atom. The van der Waals surface area contributed by atoms with Gasteiger partial charge in [-0.3, -0.25) is 0 Å². The van der Waals surface area contributed by atoms with Crippen molar-refractivity contribution in [2.45, 2.75) is 0 Å². The maximum Gasteiger partial charge on any atom is 0.232 e. The molecule has 0 fully saturated rings. The zero-order chi connectivity index (χ0) is 54.3.